The summed E-state index contributed by atoms with van der Waals surface area (Å²) in [4.78, 5) is 28.9. The fourth-order valence-corrected chi connectivity index (χ4v) is 6.32. The molecule has 2 amide bonds. The van der Waals surface area contributed by atoms with Crippen LogP contribution in [-0.2, 0) is 27.4 Å². The van der Waals surface area contributed by atoms with Gasteiger partial charge < -0.3 is 29.9 Å². The number of hydrogen-bond acceptors (Lipinski definition) is 5. The summed E-state index contributed by atoms with van der Waals surface area (Å²) < 4.78 is 7.53. The van der Waals surface area contributed by atoms with Crippen LogP contribution >= 0.6 is 0 Å². The van der Waals surface area contributed by atoms with E-state index < -0.39 is 5.60 Å². The smallest absolute Gasteiger partial charge is 0.227 e. The van der Waals surface area contributed by atoms with E-state index >= 15 is 0 Å². The van der Waals surface area contributed by atoms with Crippen LogP contribution in [0.3, 0.4) is 0 Å². The van der Waals surface area contributed by atoms with Crippen LogP contribution < -0.4 is 10.6 Å². The predicted molar refractivity (Wildman–Crippen MR) is 148 cm³/mol. The summed E-state index contributed by atoms with van der Waals surface area (Å²) in [7, 11) is 1.73. The Morgan fingerprint density at radius 1 is 1.16 bits per heavy atom. The molecule has 1 aromatic heterocycles. The molecule has 8 heteroatoms. The number of rotatable bonds is 11. The largest absolute Gasteiger partial charge is 0.388 e. The number of para-hydroxylation sites is 1. The standard InChI is InChI=1S/C30H44N4O4/c1-38-15-7-14-33-19-24(26-8-3-4-9-27(26)33)20-34(25-10-11-25)29(36)23-16-22(17-31-18-23)28(35)32-21-30(37)12-5-2-6-13-30/h3-4,8-9,19,22-23,25,31,37H,2,5-7,10-18,20-21H2,1H3,(H,32,35)/t22-,23+/m0/s1. The Morgan fingerprint density at radius 2 is 1.92 bits per heavy atom. The normalized spacial score (nSPS) is 23.3. The molecule has 0 spiro atoms. The highest BCUT2D eigenvalue weighted by Gasteiger charge is 2.39. The number of nitrogens with zero attached hydrogens (tertiary/aromatic N) is 2. The van der Waals surface area contributed by atoms with Crippen molar-refractivity contribution < 1.29 is 19.4 Å². The van der Waals surface area contributed by atoms with E-state index in [0.717, 1.165) is 64.5 Å². The van der Waals surface area contributed by atoms with Gasteiger partial charge in [-0.2, -0.15) is 0 Å². The average Bonchev–Trinajstić information content (AvgIpc) is 3.73. The van der Waals surface area contributed by atoms with E-state index in [1.165, 1.54) is 16.5 Å². The highest BCUT2D eigenvalue weighted by atomic mass is 16.5. The zero-order chi connectivity index (χ0) is 26.5. The summed E-state index contributed by atoms with van der Waals surface area (Å²) in [5, 5.41) is 18.3. The van der Waals surface area contributed by atoms with E-state index in [2.05, 4.69) is 50.6 Å². The van der Waals surface area contributed by atoms with Crippen molar-refractivity contribution in [3.63, 3.8) is 0 Å². The first-order valence-corrected chi connectivity index (χ1v) is 14.5. The molecule has 0 radical (unpaired) electrons. The number of amides is 2. The van der Waals surface area contributed by atoms with Crippen molar-refractivity contribution in [1.29, 1.82) is 0 Å². The highest BCUT2D eigenvalue weighted by Crippen LogP contribution is 2.33. The fraction of sp³-hybridized carbons (Fsp3) is 0.667. The van der Waals surface area contributed by atoms with E-state index in [9.17, 15) is 14.7 Å². The maximum atomic E-state index is 13.9. The van der Waals surface area contributed by atoms with Gasteiger partial charge in [0.15, 0.2) is 0 Å². The molecule has 8 nitrogen and oxygen atoms in total. The molecule has 3 N–H and O–H groups in total. The zero-order valence-electron chi connectivity index (χ0n) is 22.8. The van der Waals surface area contributed by atoms with Crippen molar-refractivity contribution in [2.24, 2.45) is 11.8 Å². The second kappa shape index (κ2) is 12.2. The molecule has 0 bridgehead atoms. The minimum Gasteiger partial charge on any atom is -0.388 e. The van der Waals surface area contributed by atoms with Crippen molar-refractivity contribution in [1.82, 2.24) is 20.1 Å². The van der Waals surface area contributed by atoms with Gasteiger partial charge in [0.25, 0.3) is 0 Å². The van der Waals surface area contributed by atoms with Crippen LogP contribution in [0.5, 0.6) is 0 Å². The van der Waals surface area contributed by atoms with Gasteiger partial charge in [-0.1, -0.05) is 37.5 Å². The molecule has 1 aromatic carbocycles. The van der Waals surface area contributed by atoms with Crippen molar-refractivity contribution in [2.75, 3.05) is 33.4 Å². The van der Waals surface area contributed by atoms with E-state index in [1.54, 1.807) is 7.11 Å². The molecule has 3 aliphatic rings. The molecule has 2 aliphatic carbocycles. The number of piperidine rings is 1. The summed E-state index contributed by atoms with van der Waals surface area (Å²) in [6, 6.07) is 8.71. The maximum absolute atomic E-state index is 13.9. The quantitative estimate of drug-likeness (QED) is 0.393. The summed E-state index contributed by atoms with van der Waals surface area (Å²) in [5.41, 5.74) is 1.59. The molecule has 1 saturated heterocycles. The Bertz CT molecular complexity index is 1100. The Labute approximate surface area is 226 Å². The molecular formula is C30H44N4O4. The first-order valence-electron chi connectivity index (χ1n) is 14.5. The topological polar surface area (TPSA) is 95.8 Å². The number of carbonyl (C=O) groups is 2. The predicted octanol–water partition coefficient (Wildman–Crippen LogP) is 3.21. The Balaban J connectivity index is 1.24. The number of aryl methyl sites for hydroxylation is 1. The first-order chi connectivity index (χ1) is 18.5. The van der Waals surface area contributed by atoms with Crippen LogP contribution in [-0.4, -0.2) is 71.4 Å². The van der Waals surface area contributed by atoms with Gasteiger partial charge in [0, 0.05) is 69.6 Å². The van der Waals surface area contributed by atoms with Crippen LogP contribution in [0.2, 0.25) is 0 Å². The Kier molecular flexibility index (Phi) is 8.71. The van der Waals surface area contributed by atoms with Gasteiger partial charge in [-0.05, 0) is 50.2 Å². The summed E-state index contributed by atoms with van der Waals surface area (Å²) >= 11 is 0. The number of nitrogens with one attached hydrogen (secondary N) is 2. The molecule has 2 saturated carbocycles. The van der Waals surface area contributed by atoms with Crippen LogP contribution in [0.4, 0.5) is 0 Å². The second-order valence-corrected chi connectivity index (χ2v) is 11.7. The molecule has 2 atom stereocenters. The van der Waals surface area contributed by atoms with Crippen molar-refractivity contribution in [2.45, 2.75) is 82.5 Å². The number of ether oxygens (including phenoxy) is 1. The zero-order valence-corrected chi connectivity index (χ0v) is 22.8. The lowest BCUT2D eigenvalue weighted by molar-refractivity contribution is -0.139. The fourth-order valence-electron chi connectivity index (χ4n) is 6.32. The van der Waals surface area contributed by atoms with Crippen LogP contribution in [0.25, 0.3) is 10.9 Å². The molecule has 0 unspecified atom stereocenters. The van der Waals surface area contributed by atoms with Gasteiger partial charge in [0.1, 0.15) is 0 Å². The van der Waals surface area contributed by atoms with Gasteiger partial charge >= 0.3 is 0 Å². The number of methoxy groups -OCH3 is 1. The number of fused-ring (bicyclic) bond motifs is 1. The average molecular weight is 525 g/mol. The summed E-state index contributed by atoms with van der Waals surface area (Å²) in [6.45, 7) is 3.69. The third-order valence-corrected chi connectivity index (χ3v) is 8.68. The number of aromatic nitrogens is 1. The minimum absolute atomic E-state index is 0.0499. The van der Waals surface area contributed by atoms with Gasteiger partial charge in [-0.15, -0.1) is 0 Å². The SMILES string of the molecule is COCCCn1cc(CN(C(=O)[C@H]2CNC[C@@H](C(=O)NCC3(O)CCCCC3)C2)C2CC2)c2ccccc21. The minimum atomic E-state index is -0.781. The second-order valence-electron chi connectivity index (χ2n) is 11.7. The number of benzene rings is 1. The van der Waals surface area contributed by atoms with Gasteiger partial charge in [0.05, 0.1) is 17.4 Å². The molecule has 2 aromatic rings. The van der Waals surface area contributed by atoms with Crippen molar-refractivity contribution in [3.05, 3.63) is 36.0 Å². The number of hydrogen-bond donors (Lipinski definition) is 3. The van der Waals surface area contributed by atoms with Crippen molar-refractivity contribution >= 4 is 22.7 Å². The van der Waals surface area contributed by atoms with Crippen LogP contribution in [0.1, 0.15) is 63.4 Å². The lowest BCUT2D eigenvalue weighted by Crippen LogP contribution is -2.51. The summed E-state index contributed by atoms with van der Waals surface area (Å²) in [5.74, 6) is -0.368. The maximum Gasteiger partial charge on any atom is 0.227 e. The van der Waals surface area contributed by atoms with E-state index in [4.69, 9.17) is 4.74 Å². The highest BCUT2D eigenvalue weighted by molar-refractivity contribution is 5.86. The Morgan fingerprint density at radius 3 is 2.68 bits per heavy atom. The van der Waals surface area contributed by atoms with Crippen molar-refractivity contribution in [3.8, 4) is 0 Å². The number of carbonyl (C=O) groups excluding carboxylic acids is 2. The molecule has 208 valence electrons. The van der Waals surface area contributed by atoms with Gasteiger partial charge in [-0.25, -0.2) is 0 Å². The molecule has 38 heavy (non-hydrogen) atoms. The summed E-state index contributed by atoms with van der Waals surface area (Å²) in [6.07, 6.45) is 10.4. The molecule has 5 rings (SSSR count). The molecule has 1 aliphatic heterocycles. The third-order valence-electron chi connectivity index (χ3n) is 8.68. The van der Waals surface area contributed by atoms with Crippen LogP contribution in [0.15, 0.2) is 30.5 Å². The molecule has 3 fully saturated rings. The third kappa shape index (κ3) is 6.41. The van der Waals surface area contributed by atoms with E-state index in [1.807, 2.05) is 0 Å². The lowest BCUT2D eigenvalue weighted by atomic mass is 9.84. The Hall–Kier alpha value is -2.42. The van der Waals surface area contributed by atoms with E-state index in [0.29, 0.717) is 32.6 Å². The monoisotopic (exact) mass is 524 g/mol. The molecular weight excluding hydrogens is 480 g/mol. The van der Waals surface area contributed by atoms with E-state index in [-0.39, 0.29) is 29.7 Å². The number of aliphatic hydroxyl groups is 1. The van der Waals surface area contributed by atoms with Gasteiger partial charge in [-0.3, -0.25) is 9.59 Å². The lowest BCUT2D eigenvalue weighted by Gasteiger charge is -2.35. The van der Waals surface area contributed by atoms with Gasteiger partial charge in [0.2, 0.25) is 11.8 Å². The molecule has 2 heterocycles. The first kappa shape index (κ1) is 27.2. The van der Waals surface area contributed by atoms with Crippen LogP contribution in [0, 0.1) is 11.8 Å².